The number of aliphatic carboxylic acids is 1. The van der Waals surface area contributed by atoms with Crippen molar-refractivity contribution in [3.63, 3.8) is 0 Å². The summed E-state index contributed by atoms with van der Waals surface area (Å²) in [6, 6.07) is 11.5. The third-order valence-corrected chi connectivity index (χ3v) is 9.81. The highest BCUT2D eigenvalue weighted by Crippen LogP contribution is 2.44. The van der Waals surface area contributed by atoms with Crippen molar-refractivity contribution in [2.24, 2.45) is 17.6 Å². The maximum atomic E-state index is 13.8. The van der Waals surface area contributed by atoms with Gasteiger partial charge >= 0.3 is 12.1 Å². The molecule has 5 amide bonds. The molecule has 1 unspecified atom stereocenters. The number of hydrogen-bond acceptors (Lipinski definition) is 9. The third-order valence-electron chi connectivity index (χ3n) is 9.81. The van der Waals surface area contributed by atoms with E-state index in [0.29, 0.717) is 25.8 Å². The van der Waals surface area contributed by atoms with E-state index in [2.05, 4.69) is 26.6 Å². The molecule has 0 fully saturated rings. The number of carboxylic acid groups (broad SMARTS) is 1. The van der Waals surface area contributed by atoms with Crippen LogP contribution < -0.4 is 32.3 Å². The lowest BCUT2D eigenvalue weighted by atomic mass is 9.98. The smallest absolute Gasteiger partial charge is 0.407 e. The van der Waals surface area contributed by atoms with Crippen LogP contribution in [0.1, 0.15) is 83.3 Å². The first kappa shape index (κ1) is 43.3. The van der Waals surface area contributed by atoms with Crippen LogP contribution in [-0.2, 0) is 33.4 Å². The Hall–Kier alpha value is -5.44. The second-order valence-electron chi connectivity index (χ2n) is 15.0. The second kappa shape index (κ2) is 21.0. The zero-order valence-electron chi connectivity index (χ0n) is 32.5. The van der Waals surface area contributed by atoms with E-state index in [-0.39, 0.29) is 37.7 Å². The summed E-state index contributed by atoms with van der Waals surface area (Å²) in [4.78, 5) is 78.3. The number of amides is 5. The van der Waals surface area contributed by atoms with Crippen LogP contribution in [0.2, 0.25) is 0 Å². The number of unbranched alkanes of at least 4 members (excludes halogenated alkanes) is 1. The number of carbonyl (C=O) groups is 6. The Kier molecular flexibility index (Phi) is 16.3. The Bertz CT molecular complexity index is 1680. The summed E-state index contributed by atoms with van der Waals surface area (Å²) in [5.41, 5.74) is 9.87. The number of ether oxygens (including phenoxy) is 2. The van der Waals surface area contributed by atoms with Gasteiger partial charge in [0.1, 0.15) is 36.9 Å². The summed E-state index contributed by atoms with van der Waals surface area (Å²) in [6.07, 6.45) is 4.20. The topological polar surface area (TPSA) is 227 Å². The molecular weight excluding hydrogens is 720 g/mol. The summed E-state index contributed by atoms with van der Waals surface area (Å²) in [5.74, 6) is -4.45. The Morgan fingerprint density at radius 2 is 1.46 bits per heavy atom. The Labute approximate surface area is 327 Å². The average Bonchev–Trinajstić information content (AvgIpc) is 3.79. The van der Waals surface area contributed by atoms with E-state index >= 15 is 0 Å². The van der Waals surface area contributed by atoms with Gasteiger partial charge in [-0.1, -0.05) is 76.2 Å². The highest BCUT2D eigenvalue weighted by molar-refractivity contribution is 5.94. The van der Waals surface area contributed by atoms with E-state index in [4.69, 9.17) is 15.2 Å². The van der Waals surface area contributed by atoms with E-state index < -0.39 is 78.4 Å². The zero-order valence-corrected chi connectivity index (χ0v) is 32.5. The van der Waals surface area contributed by atoms with Crippen LogP contribution in [0.4, 0.5) is 4.79 Å². The number of fused-ring (bicyclic) bond motifs is 3. The number of carboxylic acids is 1. The minimum absolute atomic E-state index is 0.0145. The maximum absolute atomic E-state index is 13.8. The van der Waals surface area contributed by atoms with Gasteiger partial charge in [-0.05, 0) is 72.4 Å². The van der Waals surface area contributed by atoms with E-state index in [0.717, 1.165) is 22.3 Å². The Morgan fingerprint density at radius 3 is 2.04 bits per heavy atom. The van der Waals surface area contributed by atoms with E-state index in [9.17, 15) is 33.9 Å². The largest absolute Gasteiger partial charge is 0.498 e. The van der Waals surface area contributed by atoms with Crippen LogP contribution in [0, 0.1) is 11.8 Å². The molecule has 0 radical (unpaired) electrons. The minimum atomic E-state index is -1.20. The fraction of sp³-hybridized carbons (Fsp3) is 0.512. The number of benzene rings is 2. The minimum Gasteiger partial charge on any atom is -0.498 e. The number of alkyl carbamates (subject to hydrolysis) is 1. The molecule has 0 saturated heterocycles. The quantitative estimate of drug-likeness (QED) is 0.0917. The van der Waals surface area contributed by atoms with Crippen molar-refractivity contribution in [1.82, 2.24) is 26.6 Å². The van der Waals surface area contributed by atoms with Crippen LogP contribution in [0.25, 0.3) is 11.1 Å². The molecule has 15 nitrogen and oxygen atoms in total. The average molecular weight is 777 g/mol. The lowest BCUT2D eigenvalue weighted by Gasteiger charge is -2.26. The van der Waals surface area contributed by atoms with Gasteiger partial charge < -0.3 is 46.9 Å². The van der Waals surface area contributed by atoms with Crippen molar-refractivity contribution >= 4 is 35.7 Å². The number of nitrogens with one attached hydrogen (secondary N) is 5. The number of rotatable bonds is 21. The van der Waals surface area contributed by atoms with Gasteiger partial charge in [-0.3, -0.25) is 19.2 Å². The first-order chi connectivity index (χ1) is 26.8. The molecule has 1 aliphatic carbocycles. The lowest BCUT2D eigenvalue weighted by molar-refractivity contribution is -0.143. The standard InChI is InChI=1S/C41H56N6O9/c1-24(2)20-33(46-41(54)56-23-31-29-15-7-5-13-27(29)28-14-6-8-16-30(28)31)39(51)45-34(21-26-12-11-19-55-26)37(49)43-22-35(48)44-32(17-9-10-18-42)38(50)47-36(25(3)4)40(52)53/h5-8,11,13-16,19,24-26,31-34,36H,9-10,12,17-18,20-23,42H2,1-4H3,(H,43,49)(H,44,48)(H,45,51)(H,46,54)(H,47,50)(H,52,53)/t26?,32-,33-,34-,36-/m0/s1. The first-order valence-electron chi connectivity index (χ1n) is 19.3. The maximum Gasteiger partial charge on any atom is 0.407 e. The van der Waals surface area contributed by atoms with Crippen molar-refractivity contribution in [2.75, 3.05) is 19.7 Å². The first-order valence-corrected chi connectivity index (χ1v) is 19.3. The predicted molar refractivity (Wildman–Crippen MR) is 209 cm³/mol. The molecule has 8 N–H and O–H groups in total. The van der Waals surface area contributed by atoms with Crippen LogP contribution in [0.5, 0.6) is 0 Å². The van der Waals surface area contributed by atoms with Crippen molar-refractivity contribution in [3.8, 4) is 11.1 Å². The molecule has 2 aliphatic rings. The van der Waals surface area contributed by atoms with Gasteiger partial charge in [0.15, 0.2) is 0 Å². The lowest BCUT2D eigenvalue weighted by Crippen LogP contribution is -2.56. The summed E-state index contributed by atoms with van der Waals surface area (Å²) >= 11 is 0. The molecule has 15 heteroatoms. The summed E-state index contributed by atoms with van der Waals surface area (Å²) in [5, 5.41) is 22.6. The van der Waals surface area contributed by atoms with Crippen LogP contribution in [0.3, 0.4) is 0 Å². The van der Waals surface area contributed by atoms with Crippen molar-refractivity contribution in [3.05, 3.63) is 72.0 Å². The highest BCUT2D eigenvalue weighted by Gasteiger charge is 2.33. The SMILES string of the molecule is CC(C)C[C@H](NC(=O)OCC1c2ccccc2-c2ccccc21)C(=O)N[C@@H](CC1CC=CO1)C(=O)NCC(=O)N[C@@H](CCCCN)C(=O)N[C@H](C(=O)O)C(C)C. The molecule has 2 aromatic carbocycles. The number of hydrogen-bond donors (Lipinski definition) is 7. The number of carbonyl (C=O) groups excluding carboxylic acids is 5. The molecule has 1 heterocycles. The molecule has 0 aromatic heterocycles. The molecule has 2 aromatic rings. The molecule has 0 saturated carbocycles. The van der Waals surface area contributed by atoms with Gasteiger partial charge in [0.25, 0.3) is 0 Å². The number of nitrogens with two attached hydrogens (primary N) is 1. The van der Waals surface area contributed by atoms with E-state index in [1.54, 1.807) is 19.9 Å². The van der Waals surface area contributed by atoms with E-state index in [1.807, 2.05) is 62.4 Å². The molecule has 56 heavy (non-hydrogen) atoms. The van der Waals surface area contributed by atoms with Gasteiger partial charge in [0.2, 0.25) is 23.6 Å². The molecule has 4 rings (SSSR count). The molecular formula is C41H56N6O9. The molecule has 5 atom stereocenters. The second-order valence-corrected chi connectivity index (χ2v) is 15.0. The summed E-state index contributed by atoms with van der Waals surface area (Å²) in [6.45, 7) is 7.00. The predicted octanol–water partition coefficient (Wildman–Crippen LogP) is 3.07. The molecule has 0 bridgehead atoms. The summed E-state index contributed by atoms with van der Waals surface area (Å²) < 4.78 is 11.3. The highest BCUT2D eigenvalue weighted by atomic mass is 16.5. The Balaban J connectivity index is 1.38. The monoisotopic (exact) mass is 776 g/mol. The normalized spacial score (nSPS) is 16.4. The van der Waals surface area contributed by atoms with Crippen molar-refractivity contribution in [1.29, 1.82) is 0 Å². The van der Waals surface area contributed by atoms with Gasteiger partial charge in [0.05, 0.1) is 12.8 Å². The fourth-order valence-electron chi connectivity index (χ4n) is 6.90. The summed E-state index contributed by atoms with van der Waals surface area (Å²) in [7, 11) is 0. The van der Waals surface area contributed by atoms with Gasteiger partial charge in [-0.2, -0.15) is 0 Å². The molecule has 304 valence electrons. The van der Waals surface area contributed by atoms with Crippen LogP contribution in [0.15, 0.2) is 60.9 Å². The van der Waals surface area contributed by atoms with Gasteiger partial charge in [0, 0.05) is 18.8 Å². The van der Waals surface area contributed by atoms with Gasteiger partial charge in [-0.15, -0.1) is 0 Å². The molecule has 0 spiro atoms. The third kappa shape index (κ3) is 12.3. The van der Waals surface area contributed by atoms with Crippen LogP contribution in [-0.4, -0.2) is 90.8 Å². The van der Waals surface area contributed by atoms with Crippen molar-refractivity contribution in [2.45, 2.75) is 102 Å². The Morgan fingerprint density at radius 1 is 0.821 bits per heavy atom. The van der Waals surface area contributed by atoms with Crippen molar-refractivity contribution < 1.29 is 43.3 Å². The fourth-order valence-corrected chi connectivity index (χ4v) is 6.90. The van der Waals surface area contributed by atoms with Crippen LogP contribution >= 0.6 is 0 Å². The van der Waals surface area contributed by atoms with Gasteiger partial charge in [-0.25, -0.2) is 9.59 Å². The zero-order chi connectivity index (χ0) is 40.8. The molecule has 1 aliphatic heterocycles. The van der Waals surface area contributed by atoms with E-state index in [1.165, 1.54) is 6.26 Å².